The van der Waals surface area contributed by atoms with E-state index in [0.29, 0.717) is 22.9 Å². The molecule has 32 heavy (non-hydrogen) atoms. The van der Waals surface area contributed by atoms with Crippen LogP contribution in [-0.4, -0.2) is 37.6 Å². The quantitative estimate of drug-likeness (QED) is 0.530. The van der Waals surface area contributed by atoms with Crippen LogP contribution in [0, 0.1) is 5.41 Å². The Labute approximate surface area is 186 Å². The highest BCUT2D eigenvalue weighted by atomic mass is 16.1. The fourth-order valence-electron chi connectivity index (χ4n) is 5.43. The number of imidazole rings is 1. The number of hydrogen-bond donors (Lipinski definition) is 1. The Morgan fingerprint density at radius 1 is 1.12 bits per heavy atom. The van der Waals surface area contributed by atoms with Gasteiger partial charge in [0, 0.05) is 36.3 Å². The number of H-pyrrole nitrogens is 1. The van der Waals surface area contributed by atoms with Crippen molar-refractivity contribution in [1.29, 1.82) is 0 Å². The lowest BCUT2D eigenvalue weighted by molar-refractivity contribution is 0.00934. The Morgan fingerprint density at radius 3 is 2.69 bits per heavy atom. The summed E-state index contributed by atoms with van der Waals surface area (Å²) in [7, 11) is 0. The number of pyridine rings is 1. The molecule has 162 valence electrons. The number of nitrogens with one attached hydrogen (secondary N) is 1. The third kappa shape index (κ3) is 2.80. The number of aromatic amines is 1. The molecule has 1 unspecified atom stereocenters. The molecule has 1 saturated heterocycles. The van der Waals surface area contributed by atoms with Crippen LogP contribution in [0.15, 0.2) is 59.8 Å². The number of fused-ring (bicyclic) bond motifs is 1. The van der Waals surface area contributed by atoms with Crippen molar-refractivity contribution in [2.75, 3.05) is 18.0 Å². The predicted molar refractivity (Wildman–Crippen MR) is 125 cm³/mol. The van der Waals surface area contributed by atoms with Crippen LogP contribution in [0.3, 0.4) is 0 Å². The Bertz CT molecular complexity index is 1350. The fraction of sp³-hybridized carbons (Fsp3) is 0.360. The molecule has 1 aromatic carbocycles. The summed E-state index contributed by atoms with van der Waals surface area (Å²) in [5.74, 6) is 1.04. The average molecular weight is 427 g/mol. The van der Waals surface area contributed by atoms with E-state index in [1.54, 1.807) is 12.4 Å². The second-order valence-electron chi connectivity index (χ2n) is 9.46. The van der Waals surface area contributed by atoms with E-state index in [2.05, 4.69) is 51.9 Å². The normalized spacial score (nSPS) is 19.3. The van der Waals surface area contributed by atoms with Gasteiger partial charge in [0.1, 0.15) is 5.52 Å². The van der Waals surface area contributed by atoms with Gasteiger partial charge in [-0.2, -0.15) is 0 Å². The van der Waals surface area contributed by atoms with Crippen LogP contribution in [0.5, 0.6) is 0 Å². The first kappa shape index (κ1) is 19.2. The summed E-state index contributed by atoms with van der Waals surface area (Å²) in [6.07, 6.45) is 7.58. The van der Waals surface area contributed by atoms with Gasteiger partial charge in [0.15, 0.2) is 11.5 Å². The van der Waals surface area contributed by atoms with Gasteiger partial charge in [-0.1, -0.05) is 38.1 Å². The van der Waals surface area contributed by atoms with Gasteiger partial charge in [0.2, 0.25) is 0 Å². The maximum absolute atomic E-state index is 13.0. The van der Waals surface area contributed by atoms with E-state index < -0.39 is 0 Å². The van der Waals surface area contributed by atoms with Gasteiger partial charge >= 0.3 is 5.69 Å². The molecule has 4 heterocycles. The Morgan fingerprint density at radius 2 is 1.97 bits per heavy atom. The Kier molecular flexibility index (Phi) is 4.22. The van der Waals surface area contributed by atoms with E-state index in [-0.39, 0.29) is 17.1 Å². The minimum absolute atomic E-state index is 0.0903. The SMILES string of the molecule is CC(C)c1ccccc1-c1ncc2[nH]c(=O)n(C3CCC34CN(c3cccnc3)C4)c2n1. The molecule has 2 aliphatic rings. The lowest BCUT2D eigenvalue weighted by Gasteiger charge is -2.61. The van der Waals surface area contributed by atoms with Crippen LogP contribution < -0.4 is 10.6 Å². The molecule has 0 bridgehead atoms. The number of anilines is 1. The van der Waals surface area contributed by atoms with Crippen molar-refractivity contribution >= 4 is 16.9 Å². The molecule has 1 atom stereocenters. The van der Waals surface area contributed by atoms with Crippen LogP contribution >= 0.6 is 0 Å². The molecule has 1 saturated carbocycles. The van der Waals surface area contributed by atoms with Crippen molar-refractivity contribution in [3.8, 4) is 11.4 Å². The molecular weight excluding hydrogens is 400 g/mol. The van der Waals surface area contributed by atoms with Crippen LogP contribution in [0.1, 0.15) is 44.2 Å². The molecule has 1 aliphatic carbocycles. The molecule has 1 aliphatic heterocycles. The molecule has 7 nitrogen and oxygen atoms in total. The van der Waals surface area contributed by atoms with E-state index in [4.69, 9.17) is 4.98 Å². The maximum Gasteiger partial charge on any atom is 0.327 e. The Hall–Kier alpha value is -3.48. The first-order chi connectivity index (χ1) is 15.6. The molecule has 6 rings (SSSR count). The van der Waals surface area contributed by atoms with Gasteiger partial charge in [-0.05, 0) is 36.5 Å². The lowest BCUT2D eigenvalue weighted by atomic mass is 9.59. The second kappa shape index (κ2) is 7.02. The van der Waals surface area contributed by atoms with E-state index in [9.17, 15) is 4.79 Å². The maximum atomic E-state index is 13.0. The van der Waals surface area contributed by atoms with Gasteiger partial charge in [-0.15, -0.1) is 0 Å². The zero-order valence-corrected chi connectivity index (χ0v) is 18.3. The van der Waals surface area contributed by atoms with E-state index >= 15 is 0 Å². The van der Waals surface area contributed by atoms with Crippen molar-refractivity contribution in [3.63, 3.8) is 0 Å². The third-order valence-electron chi connectivity index (χ3n) is 7.24. The molecule has 0 radical (unpaired) electrons. The highest BCUT2D eigenvalue weighted by molar-refractivity contribution is 5.74. The van der Waals surface area contributed by atoms with Crippen LogP contribution in [-0.2, 0) is 0 Å². The van der Waals surface area contributed by atoms with Crippen molar-refractivity contribution in [2.24, 2.45) is 5.41 Å². The van der Waals surface area contributed by atoms with Gasteiger partial charge in [0.05, 0.1) is 18.1 Å². The molecule has 0 amide bonds. The highest BCUT2D eigenvalue weighted by Crippen LogP contribution is 2.56. The van der Waals surface area contributed by atoms with E-state index in [1.807, 2.05) is 29.0 Å². The summed E-state index contributed by atoms with van der Waals surface area (Å²) in [5, 5.41) is 0. The number of hydrogen-bond acceptors (Lipinski definition) is 5. The summed E-state index contributed by atoms with van der Waals surface area (Å²) in [4.78, 5) is 32.1. The standard InChI is InChI=1S/C25H26N6O/c1-16(2)18-7-3-4-8-19(18)22-27-13-20-23(29-22)31(24(32)28-20)21-9-10-25(21)14-30(15-25)17-6-5-11-26-12-17/h3-8,11-13,16,21H,9-10,14-15H2,1-2H3,(H,28,32). The minimum Gasteiger partial charge on any atom is -0.369 e. The zero-order valence-electron chi connectivity index (χ0n) is 18.3. The van der Waals surface area contributed by atoms with E-state index in [0.717, 1.165) is 37.2 Å². The topological polar surface area (TPSA) is 79.7 Å². The number of rotatable bonds is 4. The average Bonchev–Trinajstić information content (AvgIpc) is 3.08. The lowest BCUT2D eigenvalue weighted by Crippen LogP contribution is -2.65. The molecule has 1 N–H and O–H groups in total. The monoisotopic (exact) mass is 426 g/mol. The van der Waals surface area contributed by atoms with Gasteiger partial charge in [-0.3, -0.25) is 9.55 Å². The van der Waals surface area contributed by atoms with Gasteiger partial charge < -0.3 is 9.88 Å². The summed E-state index contributed by atoms with van der Waals surface area (Å²) in [6.45, 7) is 6.23. The van der Waals surface area contributed by atoms with Crippen molar-refractivity contribution < 1.29 is 0 Å². The fourth-order valence-corrected chi connectivity index (χ4v) is 5.43. The molecule has 2 fully saturated rings. The summed E-state index contributed by atoms with van der Waals surface area (Å²) in [6, 6.07) is 12.5. The summed E-state index contributed by atoms with van der Waals surface area (Å²) < 4.78 is 1.89. The van der Waals surface area contributed by atoms with E-state index in [1.165, 1.54) is 5.56 Å². The molecule has 4 aromatic rings. The first-order valence-corrected chi connectivity index (χ1v) is 11.3. The highest BCUT2D eigenvalue weighted by Gasteiger charge is 2.56. The summed E-state index contributed by atoms with van der Waals surface area (Å²) in [5.41, 5.74) is 4.82. The van der Waals surface area contributed by atoms with Gasteiger partial charge in [0.25, 0.3) is 0 Å². The molecule has 1 spiro atoms. The number of aromatic nitrogens is 5. The molecular formula is C25H26N6O. The number of benzene rings is 1. The van der Waals surface area contributed by atoms with Gasteiger partial charge in [-0.25, -0.2) is 14.8 Å². The Balaban J connectivity index is 1.37. The third-order valence-corrected chi connectivity index (χ3v) is 7.24. The minimum atomic E-state index is -0.0903. The predicted octanol–water partition coefficient (Wildman–Crippen LogP) is 4.15. The smallest absolute Gasteiger partial charge is 0.327 e. The number of nitrogens with zero attached hydrogens (tertiary/aromatic N) is 5. The molecule has 7 heteroatoms. The van der Waals surface area contributed by atoms with Crippen LogP contribution in [0.4, 0.5) is 5.69 Å². The molecule has 3 aromatic heterocycles. The van der Waals surface area contributed by atoms with Crippen molar-refractivity contribution in [1.82, 2.24) is 24.5 Å². The van der Waals surface area contributed by atoms with Crippen molar-refractivity contribution in [2.45, 2.75) is 38.6 Å². The van der Waals surface area contributed by atoms with Crippen LogP contribution in [0.25, 0.3) is 22.6 Å². The zero-order chi connectivity index (χ0) is 21.9. The summed E-state index contributed by atoms with van der Waals surface area (Å²) >= 11 is 0. The first-order valence-electron chi connectivity index (χ1n) is 11.3. The second-order valence-corrected chi connectivity index (χ2v) is 9.46. The van der Waals surface area contributed by atoms with Crippen LogP contribution in [0.2, 0.25) is 0 Å². The van der Waals surface area contributed by atoms with Crippen molar-refractivity contribution in [3.05, 3.63) is 71.0 Å². The largest absolute Gasteiger partial charge is 0.369 e.